The minimum absolute atomic E-state index is 0.00556. The fraction of sp³-hybridized carbons (Fsp3) is 0.857. The standard InChI is InChI=1S/C7H14N2O3/c1-12-7(4-8)2-5(3-7)9-6(10)11/h5,9H,2-4,8H2,1H3,(H,10,11). The smallest absolute Gasteiger partial charge is 0.404 e. The highest BCUT2D eigenvalue weighted by molar-refractivity contribution is 5.65. The van der Waals surface area contributed by atoms with Crippen molar-refractivity contribution in [2.45, 2.75) is 24.5 Å². The second-order valence-corrected chi connectivity index (χ2v) is 3.15. The predicted octanol–water partition coefficient (Wildman–Crippen LogP) is -0.240. The van der Waals surface area contributed by atoms with Gasteiger partial charge in [-0.15, -0.1) is 0 Å². The normalized spacial score (nSPS) is 34.0. The summed E-state index contributed by atoms with van der Waals surface area (Å²) in [4.78, 5) is 10.2. The molecule has 1 aliphatic rings. The van der Waals surface area contributed by atoms with Gasteiger partial charge in [-0.05, 0) is 12.8 Å². The lowest BCUT2D eigenvalue weighted by Gasteiger charge is -2.45. The van der Waals surface area contributed by atoms with E-state index in [1.54, 1.807) is 7.11 Å². The average Bonchev–Trinajstić information content (AvgIpc) is 1.95. The SMILES string of the molecule is COC1(CN)CC(NC(=O)O)C1. The van der Waals surface area contributed by atoms with Crippen LogP contribution < -0.4 is 11.1 Å². The summed E-state index contributed by atoms with van der Waals surface area (Å²) in [7, 11) is 1.60. The third kappa shape index (κ3) is 1.67. The van der Waals surface area contributed by atoms with Gasteiger partial charge in [0.1, 0.15) is 0 Å². The first-order chi connectivity index (χ1) is 5.62. The molecule has 0 radical (unpaired) electrons. The number of amides is 1. The Morgan fingerprint density at radius 3 is 2.75 bits per heavy atom. The van der Waals surface area contributed by atoms with E-state index in [1.165, 1.54) is 0 Å². The Balaban J connectivity index is 2.30. The van der Waals surface area contributed by atoms with Crippen LogP contribution in [0, 0.1) is 0 Å². The first kappa shape index (κ1) is 9.28. The second kappa shape index (κ2) is 3.28. The van der Waals surface area contributed by atoms with E-state index < -0.39 is 6.09 Å². The molecular weight excluding hydrogens is 160 g/mol. The molecule has 5 heteroatoms. The maximum absolute atomic E-state index is 10.2. The third-order valence-electron chi connectivity index (χ3n) is 2.37. The quantitative estimate of drug-likeness (QED) is 0.551. The second-order valence-electron chi connectivity index (χ2n) is 3.15. The molecule has 1 amide bonds. The zero-order chi connectivity index (χ0) is 9.19. The molecule has 0 saturated heterocycles. The highest BCUT2D eigenvalue weighted by Crippen LogP contribution is 2.34. The van der Waals surface area contributed by atoms with Crippen molar-refractivity contribution in [1.82, 2.24) is 5.32 Å². The van der Waals surface area contributed by atoms with Gasteiger partial charge in [0.2, 0.25) is 0 Å². The average molecular weight is 174 g/mol. The number of carboxylic acid groups (broad SMARTS) is 1. The lowest BCUT2D eigenvalue weighted by atomic mass is 9.75. The Bertz CT molecular complexity index is 171. The first-order valence-corrected chi connectivity index (χ1v) is 3.86. The Kier molecular flexibility index (Phi) is 2.54. The summed E-state index contributed by atoms with van der Waals surface area (Å²) in [6.45, 7) is 0.446. The van der Waals surface area contributed by atoms with E-state index in [2.05, 4.69) is 5.32 Å². The molecule has 0 aromatic heterocycles. The van der Waals surface area contributed by atoms with Crippen LogP contribution in [0.3, 0.4) is 0 Å². The van der Waals surface area contributed by atoms with Crippen LogP contribution >= 0.6 is 0 Å². The van der Waals surface area contributed by atoms with Crippen molar-refractivity contribution in [2.24, 2.45) is 5.73 Å². The molecule has 1 saturated carbocycles. The first-order valence-electron chi connectivity index (χ1n) is 3.86. The molecule has 1 aliphatic carbocycles. The van der Waals surface area contributed by atoms with Gasteiger partial charge in [0.05, 0.1) is 5.60 Å². The van der Waals surface area contributed by atoms with Crippen LogP contribution in [0.4, 0.5) is 4.79 Å². The number of nitrogens with two attached hydrogens (primary N) is 1. The number of ether oxygens (including phenoxy) is 1. The van der Waals surface area contributed by atoms with Gasteiger partial charge in [-0.2, -0.15) is 0 Å². The summed E-state index contributed by atoms with van der Waals surface area (Å²) in [5.74, 6) is 0. The molecule has 4 N–H and O–H groups in total. The third-order valence-corrected chi connectivity index (χ3v) is 2.37. The number of carbonyl (C=O) groups is 1. The zero-order valence-electron chi connectivity index (χ0n) is 7.04. The van der Waals surface area contributed by atoms with Gasteiger partial charge in [0, 0.05) is 19.7 Å². The van der Waals surface area contributed by atoms with Gasteiger partial charge in [-0.1, -0.05) is 0 Å². The van der Waals surface area contributed by atoms with Crippen LogP contribution in [0.2, 0.25) is 0 Å². The van der Waals surface area contributed by atoms with E-state index in [0.717, 1.165) is 0 Å². The summed E-state index contributed by atoms with van der Waals surface area (Å²) in [5.41, 5.74) is 5.19. The Hall–Kier alpha value is -0.810. The maximum Gasteiger partial charge on any atom is 0.404 e. The van der Waals surface area contributed by atoms with Gasteiger partial charge in [-0.3, -0.25) is 0 Å². The van der Waals surface area contributed by atoms with Crippen molar-refractivity contribution in [2.75, 3.05) is 13.7 Å². The summed E-state index contributed by atoms with van der Waals surface area (Å²) in [5, 5.41) is 10.8. The summed E-state index contributed by atoms with van der Waals surface area (Å²) in [6, 6.07) is 0.00556. The predicted molar refractivity (Wildman–Crippen MR) is 43.0 cm³/mol. The Morgan fingerprint density at radius 1 is 1.83 bits per heavy atom. The highest BCUT2D eigenvalue weighted by Gasteiger charge is 2.44. The molecule has 0 heterocycles. The van der Waals surface area contributed by atoms with Crippen LogP contribution in [-0.4, -0.2) is 36.5 Å². The topological polar surface area (TPSA) is 84.6 Å². The van der Waals surface area contributed by atoms with E-state index in [9.17, 15) is 4.79 Å². The molecule has 0 spiro atoms. The van der Waals surface area contributed by atoms with Crippen LogP contribution in [0.1, 0.15) is 12.8 Å². The Morgan fingerprint density at radius 2 is 2.42 bits per heavy atom. The molecular formula is C7H14N2O3. The molecule has 1 rings (SSSR count). The minimum Gasteiger partial charge on any atom is -0.465 e. The van der Waals surface area contributed by atoms with Gasteiger partial charge < -0.3 is 20.9 Å². The summed E-state index contributed by atoms with van der Waals surface area (Å²) in [6.07, 6.45) is 0.361. The van der Waals surface area contributed by atoms with Crippen molar-refractivity contribution in [1.29, 1.82) is 0 Å². The molecule has 12 heavy (non-hydrogen) atoms. The number of nitrogens with one attached hydrogen (secondary N) is 1. The van der Waals surface area contributed by atoms with Crippen LogP contribution in [-0.2, 0) is 4.74 Å². The molecule has 5 nitrogen and oxygen atoms in total. The van der Waals surface area contributed by atoms with E-state index in [0.29, 0.717) is 19.4 Å². The summed E-state index contributed by atoms with van der Waals surface area (Å²) >= 11 is 0. The van der Waals surface area contributed by atoms with E-state index in [1.807, 2.05) is 0 Å². The van der Waals surface area contributed by atoms with Gasteiger partial charge in [-0.25, -0.2) is 4.79 Å². The molecule has 1 fully saturated rings. The zero-order valence-corrected chi connectivity index (χ0v) is 7.04. The molecule has 0 aliphatic heterocycles. The lowest BCUT2D eigenvalue weighted by Crippen LogP contribution is -2.59. The van der Waals surface area contributed by atoms with Gasteiger partial charge in [0.25, 0.3) is 0 Å². The van der Waals surface area contributed by atoms with Crippen molar-refractivity contribution >= 4 is 6.09 Å². The number of hydrogen-bond acceptors (Lipinski definition) is 3. The molecule has 0 bridgehead atoms. The monoisotopic (exact) mass is 174 g/mol. The Labute approximate surface area is 70.9 Å². The molecule has 0 unspecified atom stereocenters. The van der Waals surface area contributed by atoms with E-state index in [4.69, 9.17) is 15.6 Å². The minimum atomic E-state index is -0.985. The van der Waals surface area contributed by atoms with E-state index >= 15 is 0 Å². The van der Waals surface area contributed by atoms with Crippen molar-refractivity contribution in [3.63, 3.8) is 0 Å². The molecule has 70 valence electrons. The van der Waals surface area contributed by atoms with Gasteiger partial charge >= 0.3 is 6.09 Å². The maximum atomic E-state index is 10.2. The number of rotatable bonds is 3. The molecule has 0 atom stereocenters. The van der Waals surface area contributed by atoms with Crippen molar-refractivity contribution < 1.29 is 14.6 Å². The fourth-order valence-corrected chi connectivity index (χ4v) is 1.53. The summed E-state index contributed by atoms with van der Waals surface area (Å²) < 4.78 is 5.18. The fourth-order valence-electron chi connectivity index (χ4n) is 1.53. The number of hydrogen-bond donors (Lipinski definition) is 3. The van der Waals surface area contributed by atoms with Crippen LogP contribution in [0.25, 0.3) is 0 Å². The van der Waals surface area contributed by atoms with Crippen molar-refractivity contribution in [3.8, 4) is 0 Å². The van der Waals surface area contributed by atoms with E-state index in [-0.39, 0.29) is 11.6 Å². The molecule has 0 aromatic carbocycles. The van der Waals surface area contributed by atoms with Crippen LogP contribution in [0.5, 0.6) is 0 Å². The molecule has 0 aromatic rings. The highest BCUT2D eigenvalue weighted by atomic mass is 16.5. The van der Waals surface area contributed by atoms with Gasteiger partial charge in [0.15, 0.2) is 0 Å². The lowest BCUT2D eigenvalue weighted by molar-refractivity contribution is -0.0802. The number of methoxy groups -OCH3 is 1. The van der Waals surface area contributed by atoms with Crippen LogP contribution in [0.15, 0.2) is 0 Å². The van der Waals surface area contributed by atoms with Crippen molar-refractivity contribution in [3.05, 3.63) is 0 Å². The largest absolute Gasteiger partial charge is 0.465 e.